The van der Waals surface area contributed by atoms with Crippen LogP contribution in [0.15, 0.2) is 0 Å². The van der Waals surface area contributed by atoms with Crippen molar-refractivity contribution in [3.63, 3.8) is 0 Å². The third-order valence-corrected chi connectivity index (χ3v) is 2.57. The van der Waals surface area contributed by atoms with Gasteiger partial charge in [0.1, 0.15) is 0 Å². The molecule has 1 fully saturated rings. The maximum atomic E-state index is 10.6. The fourth-order valence-electron chi connectivity index (χ4n) is 1.72. The Morgan fingerprint density at radius 3 is 2.67 bits per heavy atom. The number of hydrogen-bond acceptors (Lipinski definition) is 2. The van der Waals surface area contributed by atoms with Gasteiger partial charge in [-0.05, 0) is 38.3 Å². The zero-order valence-corrected chi connectivity index (χ0v) is 7.55. The number of aliphatic carboxylic acids is 1. The van der Waals surface area contributed by atoms with Crippen LogP contribution >= 0.6 is 0 Å². The highest BCUT2D eigenvalue weighted by Crippen LogP contribution is 2.20. The lowest BCUT2D eigenvalue weighted by atomic mass is 9.89. The van der Waals surface area contributed by atoms with Gasteiger partial charge in [0.2, 0.25) is 0 Å². The molecule has 0 saturated carbocycles. The molecule has 1 rings (SSSR count). The Morgan fingerprint density at radius 2 is 2.17 bits per heavy atom. The zero-order chi connectivity index (χ0) is 8.97. The summed E-state index contributed by atoms with van der Waals surface area (Å²) in [5.74, 6) is -0.209. The molecule has 1 unspecified atom stereocenters. The van der Waals surface area contributed by atoms with E-state index in [0.717, 1.165) is 32.4 Å². The summed E-state index contributed by atoms with van der Waals surface area (Å²) in [7, 11) is 0. The van der Waals surface area contributed by atoms with Crippen molar-refractivity contribution < 1.29 is 9.90 Å². The van der Waals surface area contributed by atoms with Crippen molar-refractivity contribution in [2.45, 2.75) is 26.2 Å². The topological polar surface area (TPSA) is 49.3 Å². The van der Waals surface area contributed by atoms with E-state index in [2.05, 4.69) is 5.32 Å². The van der Waals surface area contributed by atoms with Gasteiger partial charge >= 0.3 is 5.97 Å². The van der Waals surface area contributed by atoms with Crippen LogP contribution in [-0.4, -0.2) is 24.2 Å². The largest absolute Gasteiger partial charge is 0.481 e. The van der Waals surface area contributed by atoms with Crippen LogP contribution in [0.2, 0.25) is 0 Å². The molecule has 2 N–H and O–H groups in total. The molecule has 0 radical (unpaired) electrons. The highest BCUT2D eigenvalue weighted by molar-refractivity contribution is 5.69. The van der Waals surface area contributed by atoms with E-state index >= 15 is 0 Å². The quantitative estimate of drug-likeness (QED) is 0.668. The second-order valence-electron chi connectivity index (χ2n) is 3.67. The summed E-state index contributed by atoms with van der Waals surface area (Å²) in [5, 5.41) is 12.0. The highest BCUT2D eigenvalue weighted by Gasteiger charge is 2.19. The van der Waals surface area contributed by atoms with E-state index in [-0.39, 0.29) is 5.92 Å². The molecule has 0 aliphatic carbocycles. The molecule has 1 aliphatic heterocycles. The van der Waals surface area contributed by atoms with Gasteiger partial charge in [0.05, 0.1) is 5.92 Å². The fourth-order valence-corrected chi connectivity index (χ4v) is 1.72. The van der Waals surface area contributed by atoms with Crippen LogP contribution in [0, 0.1) is 11.8 Å². The van der Waals surface area contributed by atoms with E-state index in [9.17, 15) is 4.79 Å². The van der Waals surface area contributed by atoms with Crippen LogP contribution in [0.4, 0.5) is 0 Å². The van der Waals surface area contributed by atoms with Crippen LogP contribution in [0.1, 0.15) is 26.2 Å². The summed E-state index contributed by atoms with van der Waals surface area (Å²) in [6.07, 6.45) is 3.12. The fraction of sp³-hybridized carbons (Fsp3) is 0.889. The summed E-state index contributed by atoms with van der Waals surface area (Å²) in [6.45, 7) is 3.90. The average molecular weight is 171 g/mol. The van der Waals surface area contributed by atoms with E-state index in [1.54, 1.807) is 6.92 Å². The Kier molecular flexibility index (Phi) is 3.53. The number of carbonyl (C=O) groups is 1. The predicted octanol–water partition coefficient (Wildman–Crippen LogP) is 1.10. The molecular formula is C9H17NO2. The molecule has 1 heterocycles. The van der Waals surface area contributed by atoms with Gasteiger partial charge in [-0.15, -0.1) is 0 Å². The van der Waals surface area contributed by atoms with Crippen LogP contribution in [0.3, 0.4) is 0 Å². The standard InChI is InChI=1S/C9H17NO2/c1-7(9(11)12)6-8-2-4-10-5-3-8/h7-8,10H,2-6H2,1H3,(H,11,12). The molecule has 0 amide bonds. The van der Waals surface area contributed by atoms with Crippen molar-refractivity contribution in [3.05, 3.63) is 0 Å². The van der Waals surface area contributed by atoms with Crippen LogP contribution in [0.25, 0.3) is 0 Å². The molecule has 70 valence electrons. The summed E-state index contributed by atoms with van der Waals surface area (Å²) < 4.78 is 0. The molecular weight excluding hydrogens is 154 g/mol. The summed E-state index contributed by atoms with van der Waals surface area (Å²) in [6, 6.07) is 0. The Balaban J connectivity index is 2.24. The molecule has 1 saturated heterocycles. The van der Waals surface area contributed by atoms with Crippen LogP contribution < -0.4 is 5.32 Å². The number of carboxylic acids is 1. The molecule has 1 atom stereocenters. The number of hydrogen-bond donors (Lipinski definition) is 2. The SMILES string of the molecule is CC(CC1CCNCC1)C(=O)O. The molecule has 3 nitrogen and oxygen atoms in total. The molecule has 0 aromatic heterocycles. The van der Waals surface area contributed by atoms with Gasteiger partial charge in [0.25, 0.3) is 0 Å². The number of nitrogens with one attached hydrogen (secondary N) is 1. The number of rotatable bonds is 3. The monoisotopic (exact) mass is 171 g/mol. The summed E-state index contributed by atoms with van der Waals surface area (Å²) in [4.78, 5) is 10.6. The molecule has 0 aromatic rings. The van der Waals surface area contributed by atoms with E-state index < -0.39 is 5.97 Å². The van der Waals surface area contributed by atoms with E-state index in [1.807, 2.05) is 0 Å². The molecule has 0 spiro atoms. The van der Waals surface area contributed by atoms with Crippen molar-refractivity contribution in [2.24, 2.45) is 11.8 Å². The molecule has 3 heteroatoms. The van der Waals surface area contributed by atoms with Crippen molar-refractivity contribution >= 4 is 5.97 Å². The maximum Gasteiger partial charge on any atom is 0.306 e. The first-order chi connectivity index (χ1) is 5.70. The van der Waals surface area contributed by atoms with Gasteiger partial charge < -0.3 is 10.4 Å². The third kappa shape index (κ3) is 2.81. The van der Waals surface area contributed by atoms with E-state index in [4.69, 9.17) is 5.11 Å². The lowest BCUT2D eigenvalue weighted by Gasteiger charge is -2.23. The summed E-state index contributed by atoms with van der Waals surface area (Å²) >= 11 is 0. The Bertz CT molecular complexity index is 153. The molecule has 12 heavy (non-hydrogen) atoms. The van der Waals surface area contributed by atoms with Crippen molar-refractivity contribution in [1.82, 2.24) is 5.32 Å². The predicted molar refractivity (Wildman–Crippen MR) is 47.0 cm³/mol. The normalized spacial score (nSPS) is 22.1. The second-order valence-corrected chi connectivity index (χ2v) is 3.67. The maximum absolute atomic E-state index is 10.6. The lowest BCUT2D eigenvalue weighted by molar-refractivity contribution is -0.141. The first-order valence-corrected chi connectivity index (χ1v) is 4.63. The first-order valence-electron chi connectivity index (χ1n) is 4.63. The van der Waals surface area contributed by atoms with Crippen molar-refractivity contribution in [1.29, 1.82) is 0 Å². The minimum Gasteiger partial charge on any atom is -0.481 e. The summed E-state index contributed by atoms with van der Waals surface area (Å²) in [5.41, 5.74) is 0. The molecule has 1 aliphatic rings. The second kappa shape index (κ2) is 4.45. The highest BCUT2D eigenvalue weighted by atomic mass is 16.4. The number of piperidine rings is 1. The van der Waals surface area contributed by atoms with Gasteiger partial charge in [-0.25, -0.2) is 0 Å². The Hall–Kier alpha value is -0.570. The van der Waals surface area contributed by atoms with Crippen LogP contribution in [0.5, 0.6) is 0 Å². The minimum atomic E-state index is -0.659. The Labute approximate surface area is 73.2 Å². The Morgan fingerprint density at radius 1 is 1.58 bits per heavy atom. The number of carboxylic acid groups (broad SMARTS) is 1. The smallest absolute Gasteiger partial charge is 0.306 e. The van der Waals surface area contributed by atoms with Gasteiger partial charge in [-0.3, -0.25) is 4.79 Å². The first kappa shape index (κ1) is 9.52. The van der Waals surface area contributed by atoms with Gasteiger partial charge in [-0.1, -0.05) is 6.92 Å². The average Bonchev–Trinajstić information content (AvgIpc) is 2.06. The van der Waals surface area contributed by atoms with E-state index in [1.165, 1.54) is 0 Å². The van der Waals surface area contributed by atoms with E-state index in [0.29, 0.717) is 5.92 Å². The molecule has 0 bridgehead atoms. The zero-order valence-electron chi connectivity index (χ0n) is 7.55. The van der Waals surface area contributed by atoms with Crippen molar-refractivity contribution in [2.75, 3.05) is 13.1 Å². The van der Waals surface area contributed by atoms with Gasteiger partial charge in [-0.2, -0.15) is 0 Å². The van der Waals surface area contributed by atoms with Gasteiger partial charge in [0, 0.05) is 0 Å². The molecule has 0 aromatic carbocycles. The van der Waals surface area contributed by atoms with Crippen LogP contribution in [-0.2, 0) is 4.79 Å². The lowest BCUT2D eigenvalue weighted by Crippen LogP contribution is -2.29. The third-order valence-electron chi connectivity index (χ3n) is 2.57. The van der Waals surface area contributed by atoms with Crippen molar-refractivity contribution in [3.8, 4) is 0 Å². The minimum absolute atomic E-state index is 0.173. The van der Waals surface area contributed by atoms with Gasteiger partial charge in [0.15, 0.2) is 0 Å².